The molecule has 0 bridgehead atoms. The number of nitrogens with one attached hydrogen (secondary N) is 1. The summed E-state index contributed by atoms with van der Waals surface area (Å²) in [6.45, 7) is 2.69. The van der Waals surface area contributed by atoms with Crippen LogP contribution < -0.4 is 5.32 Å². The van der Waals surface area contributed by atoms with Gasteiger partial charge in [-0.05, 0) is 116 Å². The molecule has 107 heavy (non-hydrogen) atoms. The van der Waals surface area contributed by atoms with Crippen LogP contribution in [0.25, 0.3) is 0 Å². The fourth-order valence-electron chi connectivity index (χ4n) is 13.4. The molecule has 2 saturated heterocycles. The average molecular weight is 1500 g/mol. The van der Waals surface area contributed by atoms with Crippen molar-refractivity contribution >= 4 is 5.91 Å². The predicted octanol–water partition coefficient (Wildman–Crippen LogP) is 21.1. The van der Waals surface area contributed by atoms with Gasteiger partial charge in [0, 0.05) is 6.42 Å². The topological polar surface area (TPSA) is 228 Å². The van der Waals surface area contributed by atoms with Crippen LogP contribution in [0.15, 0.2) is 146 Å². The largest absolute Gasteiger partial charge is 0.394 e. The predicted molar refractivity (Wildman–Crippen MR) is 447 cm³/mol. The molecule has 2 aliphatic heterocycles. The second-order valence-corrected chi connectivity index (χ2v) is 29.9. The Bertz CT molecular complexity index is 2370. The zero-order valence-electron chi connectivity index (χ0n) is 67.6. The Morgan fingerprint density at radius 2 is 0.654 bits per heavy atom. The van der Waals surface area contributed by atoms with E-state index >= 15 is 0 Å². The van der Waals surface area contributed by atoms with E-state index < -0.39 is 86.8 Å². The number of rotatable bonds is 72. The smallest absolute Gasteiger partial charge is 0.220 e. The lowest BCUT2D eigenvalue weighted by atomic mass is 9.97. The number of carbonyl (C=O) groups excluding carboxylic acids is 1. The summed E-state index contributed by atoms with van der Waals surface area (Å²) in [5, 5.41) is 87.8. The van der Waals surface area contributed by atoms with Crippen molar-refractivity contribution in [3.63, 3.8) is 0 Å². The van der Waals surface area contributed by atoms with Crippen LogP contribution in [0, 0.1) is 0 Å². The maximum absolute atomic E-state index is 13.4. The van der Waals surface area contributed by atoms with E-state index in [0.717, 1.165) is 109 Å². The van der Waals surface area contributed by atoms with Crippen molar-refractivity contribution in [1.29, 1.82) is 0 Å². The Morgan fingerprint density at radius 3 is 1.03 bits per heavy atom. The van der Waals surface area contributed by atoms with E-state index in [-0.39, 0.29) is 18.9 Å². The quantitative estimate of drug-likeness (QED) is 0.0204. The zero-order valence-corrected chi connectivity index (χ0v) is 67.6. The lowest BCUT2D eigenvalue weighted by molar-refractivity contribution is -0.359. The third kappa shape index (κ3) is 56.7. The molecule has 14 heteroatoms. The van der Waals surface area contributed by atoms with Crippen molar-refractivity contribution in [1.82, 2.24) is 5.32 Å². The van der Waals surface area contributed by atoms with E-state index in [1.165, 1.54) is 199 Å². The van der Waals surface area contributed by atoms with Crippen LogP contribution >= 0.6 is 0 Å². The molecule has 9 N–H and O–H groups in total. The van der Waals surface area contributed by atoms with Crippen LogP contribution in [-0.2, 0) is 23.7 Å². The first-order valence-electron chi connectivity index (χ1n) is 43.6. The van der Waals surface area contributed by atoms with Crippen molar-refractivity contribution < 1.29 is 64.6 Å². The fraction of sp³-hybridized carbons (Fsp3) is 0.731. The molecule has 2 aliphatic rings. The number of unbranched alkanes of at least 4 members (excludes halogenated alkanes) is 37. The summed E-state index contributed by atoms with van der Waals surface area (Å²) in [6.07, 6.45) is 96.6. The molecule has 14 nitrogen and oxygen atoms in total. The molecule has 2 rings (SSSR count). The van der Waals surface area contributed by atoms with Gasteiger partial charge >= 0.3 is 0 Å². The number of hydrogen-bond acceptors (Lipinski definition) is 13. The van der Waals surface area contributed by atoms with Crippen LogP contribution in [0.1, 0.15) is 341 Å². The molecule has 0 saturated carbocycles. The summed E-state index contributed by atoms with van der Waals surface area (Å²) in [7, 11) is 0. The van der Waals surface area contributed by atoms with Crippen molar-refractivity contribution in [3.05, 3.63) is 146 Å². The minimum Gasteiger partial charge on any atom is -0.394 e. The number of allylic oxidation sites excluding steroid dienone is 23. The number of ether oxygens (including phenoxy) is 4. The molecule has 0 spiro atoms. The van der Waals surface area contributed by atoms with Gasteiger partial charge in [-0.1, -0.05) is 365 Å². The molecule has 0 radical (unpaired) electrons. The minimum absolute atomic E-state index is 0.256. The molecule has 0 aromatic heterocycles. The van der Waals surface area contributed by atoms with Crippen molar-refractivity contribution in [2.75, 3.05) is 19.8 Å². The summed E-state index contributed by atoms with van der Waals surface area (Å²) in [6, 6.07) is -0.950. The summed E-state index contributed by atoms with van der Waals surface area (Å²) >= 11 is 0. The molecule has 0 aromatic rings. The molecule has 12 atom stereocenters. The Morgan fingerprint density at radius 1 is 0.346 bits per heavy atom. The highest BCUT2D eigenvalue weighted by Crippen LogP contribution is 2.30. The normalized spacial score (nSPS) is 22.0. The second kappa shape index (κ2) is 74.6. The standard InChI is InChI=1S/C93H159NO13/c1-3-5-7-9-11-13-15-17-19-21-23-25-27-29-31-33-35-37-38-39-40-41-42-43-44-45-47-49-51-53-55-57-59-61-63-65-67-69-71-73-75-77-85(98)94-81(80-104-92-90(103)88(101)91(84(79-96)106-92)107-93-89(102)87(100)86(99)83(78-95)105-93)82(97)76-74-72-70-68-66-64-62-60-58-56-54-52-50-48-46-36-34-32-30-28-26-24-22-20-18-16-14-12-10-8-6-4-2/h5,7,11,13,17,19,23,25,29,31,35,37,39-40,42-43,45,47,58,60,66,68,74,76,81-84,86-93,95-97,99-103H,3-4,6,8-10,12,14-16,18,20-22,24,26-28,30,32-34,36,38,41,44,46,48-57,59,61-65,67,69-73,75,77-80H2,1-2H3,(H,94,98)/b7-5-,13-11-,19-17-,25-23-,31-29-,37-35-,40-39-,43-42-,47-45-,60-58+,68-66+,76-74+. The zero-order chi connectivity index (χ0) is 77.2. The van der Waals surface area contributed by atoms with E-state index in [1.54, 1.807) is 6.08 Å². The lowest BCUT2D eigenvalue weighted by Gasteiger charge is -2.46. The van der Waals surface area contributed by atoms with Gasteiger partial charge in [0.25, 0.3) is 0 Å². The highest BCUT2D eigenvalue weighted by Gasteiger charge is 2.51. The van der Waals surface area contributed by atoms with Crippen molar-refractivity contribution in [3.8, 4) is 0 Å². The van der Waals surface area contributed by atoms with E-state index in [9.17, 15) is 45.6 Å². The molecule has 614 valence electrons. The molecule has 1 amide bonds. The summed E-state index contributed by atoms with van der Waals surface area (Å²) in [5.74, 6) is -0.256. The summed E-state index contributed by atoms with van der Waals surface area (Å²) < 4.78 is 22.9. The van der Waals surface area contributed by atoms with Gasteiger partial charge < -0.3 is 65.1 Å². The Kier molecular flexibility index (Phi) is 69.0. The fourth-order valence-corrected chi connectivity index (χ4v) is 13.4. The average Bonchev–Trinajstić information content (AvgIpc) is 0.789. The lowest BCUT2D eigenvalue weighted by Crippen LogP contribution is -2.65. The maximum atomic E-state index is 13.4. The third-order valence-electron chi connectivity index (χ3n) is 20.2. The van der Waals surface area contributed by atoms with Crippen LogP contribution in [0.4, 0.5) is 0 Å². The van der Waals surface area contributed by atoms with Gasteiger partial charge in [-0.25, -0.2) is 0 Å². The monoisotopic (exact) mass is 1500 g/mol. The van der Waals surface area contributed by atoms with Crippen LogP contribution in [-0.4, -0.2) is 140 Å². The van der Waals surface area contributed by atoms with E-state index in [2.05, 4.69) is 153 Å². The van der Waals surface area contributed by atoms with Gasteiger partial charge in [-0.15, -0.1) is 0 Å². The van der Waals surface area contributed by atoms with Crippen molar-refractivity contribution in [2.24, 2.45) is 0 Å². The SMILES string of the molecule is CC/C=C\C/C=C\C/C=C\C/C=C\C/C=C\C/C=C\C/C=C\C/C=C\C/C=C\CCCCCCCCCCCCCCCC(=O)NC(COC1OC(CO)C(OC2OC(CO)C(O)C(O)C2O)C(O)C1O)C(O)/C=C/CC/C=C/CC/C=C/CCCCCCCCCCCCCCCCCCCCCCCC. The minimum atomic E-state index is -1.80. The van der Waals surface area contributed by atoms with Gasteiger partial charge in [0.15, 0.2) is 12.6 Å². The Hall–Kier alpha value is -4.13. The van der Waals surface area contributed by atoms with Crippen LogP contribution in [0.3, 0.4) is 0 Å². The highest BCUT2D eigenvalue weighted by molar-refractivity contribution is 5.76. The number of aliphatic hydroxyl groups excluding tert-OH is 8. The van der Waals surface area contributed by atoms with Crippen LogP contribution in [0.5, 0.6) is 0 Å². The molecular formula is C93H159NO13. The van der Waals surface area contributed by atoms with E-state index in [4.69, 9.17) is 18.9 Å². The van der Waals surface area contributed by atoms with Gasteiger partial charge in [0.05, 0.1) is 32.0 Å². The van der Waals surface area contributed by atoms with Crippen LogP contribution in [0.2, 0.25) is 0 Å². The van der Waals surface area contributed by atoms with E-state index in [1.807, 2.05) is 6.08 Å². The molecule has 0 aromatic carbocycles. The maximum Gasteiger partial charge on any atom is 0.220 e. The van der Waals surface area contributed by atoms with Gasteiger partial charge in [0.2, 0.25) is 5.91 Å². The molecule has 0 aliphatic carbocycles. The number of amides is 1. The summed E-state index contributed by atoms with van der Waals surface area (Å²) in [4.78, 5) is 13.4. The summed E-state index contributed by atoms with van der Waals surface area (Å²) in [5.41, 5.74) is 0. The first kappa shape index (κ1) is 98.9. The number of hydrogen-bond donors (Lipinski definition) is 9. The van der Waals surface area contributed by atoms with Gasteiger partial charge in [-0.2, -0.15) is 0 Å². The van der Waals surface area contributed by atoms with Crippen molar-refractivity contribution in [2.45, 2.75) is 415 Å². The molecule has 2 heterocycles. The molecule has 2 fully saturated rings. The first-order valence-corrected chi connectivity index (χ1v) is 43.6. The Balaban J connectivity index is 1.61. The molecule has 12 unspecified atom stereocenters. The Labute approximate surface area is 653 Å². The number of aliphatic hydroxyl groups is 8. The first-order chi connectivity index (χ1) is 52.6. The number of carbonyl (C=O) groups is 1. The van der Waals surface area contributed by atoms with Gasteiger partial charge in [-0.3, -0.25) is 4.79 Å². The molecular weight excluding hydrogens is 1340 g/mol. The third-order valence-corrected chi connectivity index (χ3v) is 20.2. The van der Waals surface area contributed by atoms with E-state index in [0.29, 0.717) is 12.8 Å². The van der Waals surface area contributed by atoms with Gasteiger partial charge in [0.1, 0.15) is 48.8 Å². The second-order valence-electron chi connectivity index (χ2n) is 29.9. The highest BCUT2D eigenvalue weighted by atomic mass is 16.7.